The van der Waals surface area contributed by atoms with Gasteiger partial charge in [-0.3, -0.25) is 24.2 Å². The summed E-state index contributed by atoms with van der Waals surface area (Å²) in [5.74, 6) is 0.285. The molecule has 1 atom stereocenters. The minimum atomic E-state index is -0.933. The predicted octanol–water partition coefficient (Wildman–Crippen LogP) is 1.84. The fraction of sp³-hybridized carbons (Fsp3) is 0.333. The fourth-order valence-electron chi connectivity index (χ4n) is 3.68. The second-order valence-corrected chi connectivity index (χ2v) is 7.28. The number of ether oxygens (including phenoxy) is 2. The number of amides is 2. The number of aliphatic carboxylic acids is 1. The normalized spacial score (nSPS) is 18.2. The van der Waals surface area contributed by atoms with Crippen LogP contribution < -0.4 is 19.3 Å². The van der Waals surface area contributed by atoms with Gasteiger partial charge in [-0.1, -0.05) is 12.1 Å². The Hall–Kier alpha value is -3.62. The first-order valence-corrected chi connectivity index (χ1v) is 9.54. The van der Waals surface area contributed by atoms with Gasteiger partial charge in [0.1, 0.15) is 11.6 Å². The van der Waals surface area contributed by atoms with Gasteiger partial charge >= 0.3 is 5.97 Å². The van der Waals surface area contributed by atoms with Crippen LogP contribution in [-0.4, -0.2) is 48.1 Å². The summed E-state index contributed by atoms with van der Waals surface area (Å²) in [6, 6.07) is 10.7. The van der Waals surface area contributed by atoms with E-state index >= 15 is 0 Å². The van der Waals surface area contributed by atoms with Crippen LogP contribution in [0.15, 0.2) is 36.4 Å². The van der Waals surface area contributed by atoms with E-state index in [2.05, 4.69) is 4.98 Å². The highest BCUT2D eigenvalue weighted by atomic mass is 16.5. The second kappa shape index (κ2) is 8.02. The summed E-state index contributed by atoms with van der Waals surface area (Å²) in [4.78, 5) is 43.5. The Bertz CT molecular complexity index is 991. The molecule has 0 bridgehead atoms. The number of pyridine rings is 1. The van der Waals surface area contributed by atoms with Crippen LogP contribution >= 0.6 is 0 Å². The number of aromatic nitrogens is 1. The molecule has 1 aromatic heterocycles. The number of hydrogen-bond acceptors (Lipinski definition) is 6. The largest absolute Gasteiger partial charge is 0.497 e. The molecule has 2 amide bonds. The molecule has 0 saturated carbocycles. The van der Waals surface area contributed by atoms with Crippen molar-refractivity contribution in [2.45, 2.75) is 19.4 Å². The first-order valence-electron chi connectivity index (χ1n) is 9.54. The topological polar surface area (TPSA) is 109 Å². The summed E-state index contributed by atoms with van der Waals surface area (Å²) >= 11 is 0. The molecule has 1 aromatic carbocycles. The standard InChI is InChI=1S/C21H21N3O6/c1-29-15-4-2-13(3-5-15)10-24-19(26)12-30-16-6-7-17(22-21(16)24)23-11-14(8-18(23)25)9-20(27)28/h2-7,14H,8-12H2,1H3,(H,27,28). The number of nitrogens with zero attached hydrogens (tertiary/aromatic N) is 3. The third-order valence-electron chi connectivity index (χ3n) is 5.18. The van der Waals surface area contributed by atoms with E-state index in [0.717, 1.165) is 11.3 Å². The van der Waals surface area contributed by atoms with Crippen molar-refractivity contribution in [2.75, 3.05) is 30.1 Å². The Morgan fingerprint density at radius 3 is 2.67 bits per heavy atom. The zero-order chi connectivity index (χ0) is 21.3. The maximum atomic E-state index is 12.5. The van der Waals surface area contributed by atoms with Crippen molar-refractivity contribution in [1.82, 2.24) is 4.98 Å². The summed E-state index contributed by atoms with van der Waals surface area (Å²) in [6.45, 7) is 0.489. The molecule has 156 valence electrons. The van der Waals surface area contributed by atoms with Crippen molar-refractivity contribution in [3.63, 3.8) is 0 Å². The van der Waals surface area contributed by atoms with Crippen molar-refractivity contribution in [2.24, 2.45) is 5.92 Å². The highest BCUT2D eigenvalue weighted by Gasteiger charge is 2.34. The molecule has 9 heteroatoms. The molecule has 4 rings (SSSR count). The highest BCUT2D eigenvalue weighted by molar-refractivity contribution is 5.98. The number of carboxylic acids is 1. The average molecular weight is 411 g/mol. The number of hydrogen-bond donors (Lipinski definition) is 1. The van der Waals surface area contributed by atoms with Crippen molar-refractivity contribution < 1.29 is 29.0 Å². The minimum Gasteiger partial charge on any atom is -0.497 e. The maximum absolute atomic E-state index is 12.5. The van der Waals surface area contributed by atoms with Crippen LogP contribution in [0.25, 0.3) is 0 Å². The van der Waals surface area contributed by atoms with E-state index in [1.165, 1.54) is 9.80 Å². The molecule has 2 aliphatic heterocycles. The molecule has 0 spiro atoms. The average Bonchev–Trinajstić information content (AvgIpc) is 3.09. The summed E-state index contributed by atoms with van der Waals surface area (Å²) in [6.07, 6.45) is 0.0917. The minimum absolute atomic E-state index is 0.0711. The van der Waals surface area contributed by atoms with Gasteiger partial charge in [-0.05, 0) is 35.7 Å². The molecule has 2 aromatic rings. The van der Waals surface area contributed by atoms with Gasteiger partial charge in [0.15, 0.2) is 18.2 Å². The lowest BCUT2D eigenvalue weighted by Gasteiger charge is -2.29. The van der Waals surface area contributed by atoms with Crippen LogP contribution in [0.4, 0.5) is 11.6 Å². The van der Waals surface area contributed by atoms with Crippen molar-refractivity contribution >= 4 is 29.4 Å². The number of benzene rings is 1. The van der Waals surface area contributed by atoms with Crippen molar-refractivity contribution in [3.8, 4) is 11.5 Å². The first-order chi connectivity index (χ1) is 14.4. The van der Waals surface area contributed by atoms with E-state index in [1.807, 2.05) is 24.3 Å². The monoisotopic (exact) mass is 411 g/mol. The zero-order valence-corrected chi connectivity index (χ0v) is 16.4. The Balaban J connectivity index is 1.60. The summed E-state index contributed by atoms with van der Waals surface area (Å²) < 4.78 is 10.7. The molecule has 0 radical (unpaired) electrons. The van der Waals surface area contributed by atoms with E-state index in [9.17, 15) is 14.4 Å². The molecular formula is C21H21N3O6. The molecule has 1 N–H and O–H groups in total. The number of carbonyl (C=O) groups excluding carboxylic acids is 2. The number of rotatable bonds is 6. The van der Waals surface area contributed by atoms with E-state index in [4.69, 9.17) is 14.6 Å². The number of carboxylic acid groups (broad SMARTS) is 1. The van der Waals surface area contributed by atoms with Crippen LogP contribution in [-0.2, 0) is 20.9 Å². The lowest BCUT2D eigenvalue weighted by Crippen LogP contribution is -2.39. The molecule has 30 heavy (non-hydrogen) atoms. The van der Waals surface area contributed by atoms with Crippen LogP contribution in [0.1, 0.15) is 18.4 Å². The second-order valence-electron chi connectivity index (χ2n) is 7.28. The van der Waals surface area contributed by atoms with E-state index in [1.54, 1.807) is 19.2 Å². The Morgan fingerprint density at radius 1 is 1.20 bits per heavy atom. The van der Waals surface area contributed by atoms with Gasteiger partial charge in [0, 0.05) is 13.0 Å². The summed E-state index contributed by atoms with van der Waals surface area (Å²) in [5, 5.41) is 9.00. The van der Waals surface area contributed by atoms with E-state index in [0.29, 0.717) is 23.9 Å². The van der Waals surface area contributed by atoms with Crippen LogP contribution in [0.5, 0.6) is 11.5 Å². The quantitative estimate of drug-likeness (QED) is 0.772. The summed E-state index contributed by atoms with van der Waals surface area (Å²) in [5.41, 5.74) is 0.892. The maximum Gasteiger partial charge on any atom is 0.303 e. The van der Waals surface area contributed by atoms with E-state index in [-0.39, 0.29) is 43.7 Å². The van der Waals surface area contributed by atoms with Crippen molar-refractivity contribution in [3.05, 3.63) is 42.0 Å². The highest BCUT2D eigenvalue weighted by Crippen LogP contribution is 2.35. The third-order valence-corrected chi connectivity index (χ3v) is 5.18. The molecular weight excluding hydrogens is 390 g/mol. The number of anilines is 2. The van der Waals surface area contributed by atoms with E-state index < -0.39 is 5.97 Å². The zero-order valence-electron chi connectivity index (χ0n) is 16.4. The molecule has 1 unspecified atom stereocenters. The number of fused-ring (bicyclic) bond motifs is 1. The number of methoxy groups -OCH3 is 1. The third kappa shape index (κ3) is 3.91. The lowest BCUT2D eigenvalue weighted by molar-refractivity contribution is -0.138. The molecule has 2 aliphatic rings. The Morgan fingerprint density at radius 2 is 1.97 bits per heavy atom. The van der Waals surface area contributed by atoms with Gasteiger partial charge in [0.25, 0.3) is 5.91 Å². The number of carbonyl (C=O) groups is 3. The van der Waals surface area contributed by atoms with Crippen molar-refractivity contribution in [1.29, 1.82) is 0 Å². The fourth-order valence-corrected chi connectivity index (χ4v) is 3.68. The van der Waals surface area contributed by atoms with Crippen LogP contribution in [0, 0.1) is 5.92 Å². The van der Waals surface area contributed by atoms with Crippen LogP contribution in [0.3, 0.4) is 0 Å². The van der Waals surface area contributed by atoms with Gasteiger partial charge < -0.3 is 14.6 Å². The van der Waals surface area contributed by atoms with Gasteiger partial charge in [0.05, 0.1) is 20.1 Å². The Labute approximate surface area is 172 Å². The van der Waals surface area contributed by atoms with Crippen LogP contribution in [0.2, 0.25) is 0 Å². The Kier molecular flexibility index (Phi) is 5.26. The summed E-state index contributed by atoms with van der Waals surface area (Å²) in [7, 11) is 1.59. The SMILES string of the molecule is COc1ccc(CN2C(=O)COc3ccc(N4CC(CC(=O)O)CC4=O)nc32)cc1. The lowest BCUT2D eigenvalue weighted by atomic mass is 10.1. The first kappa shape index (κ1) is 19.7. The van der Waals surface area contributed by atoms with Gasteiger partial charge in [-0.25, -0.2) is 4.98 Å². The molecule has 0 aliphatic carbocycles. The van der Waals surface area contributed by atoms with Gasteiger partial charge in [-0.15, -0.1) is 0 Å². The molecule has 1 saturated heterocycles. The smallest absolute Gasteiger partial charge is 0.303 e. The van der Waals surface area contributed by atoms with Gasteiger partial charge in [0.2, 0.25) is 5.91 Å². The van der Waals surface area contributed by atoms with Gasteiger partial charge in [-0.2, -0.15) is 0 Å². The molecule has 1 fully saturated rings. The molecule has 9 nitrogen and oxygen atoms in total. The molecule has 3 heterocycles. The predicted molar refractivity (Wildman–Crippen MR) is 107 cm³/mol.